The Labute approximate surface area is 115 Å². The molecule has 2 rings (SSSR count). The van der Waals surface area contributed by atoms with E-state index >= 15 is 0 Å². The molecular formula is C12H9Cl3N2. The van der Waals surface area contributed by atoms with Crippen LogP contribution in [0.25, 0.3) is 11.4 Å². The van der Waals surface area contributed by atoms with E-state index in [1.54, 1.807) is 24.3 Å². The summed E-state index contributed by atoms with van der Waals surface area (Å²) in [4.78, 5) is 8.55. The van der Waals surface area contributed by atoms with Gasteiger partial charge in [0.1, 0.15) is 5.15 Å². The molecule has 1 heterocycles. The van der Waals surface area contributed by atoms with Crippen LogP contribution < -0.4 is 0 Å². The molecule has 0 fully saturated rings. The van der Waals surface area contributed by atoms with Crippen LogP contribution in [0, 0.1) is 0 Å². The summed E-state index contributed by atoms with van der Waals surface area (Å²) in [7, 11) is 0. The third-order valence-corrected chi connectivity index (χ3v) is 3.04. The number of hydrogen-bond acceptors (Lipinski definition) is 2. The smallest absolute Gasteiger partial charge is 0.162 e. The second-order valence-electron chi connectivity index (χ2n) is 3.48. The second kappa shape index (κ2) is 5.21. The van der Waals surface area contributed by atoms with E-state index in [0.717, 1.165) is 12.1 Å². The summed E-state index contributed by atoms with van der Waals surface area (Å²) in [5.41, 5.74) is 1.56. The quantitative estimate of drug-likeness (QED) is 0.750. The van der Waals surface area contributed by atoms with Gasteiger partial charge in [0, 0.05) is 16.3 Å². The highest BCUT2D eigenvalue weighted by molar-refractivity contribution is 6.35. The van der Waals surface area contributed by atoms with E-state index in [2.05, 4.69) is 9.97 Å². The number of aromatic nitrogens is 2. The van der Waals surface area contributed by atoms with E-state index in [1.165, 1.54) is 0 Å². The highest BCUT2D eigenvalue weighted by Crippen LogP contribution is 2.29. The lowest BCUT2D eigenvalue weighted by atomic mass is 10.2. The Morgan fingerprint density at radius 2 is 1.82 bits per heavy atom. The van der Waals surface area contributed by atoms with Crippen LogP contribution in [0.5, 0.6) is 0 Å². The van der Waals surface area contributed by atoms with Crippen LogP contribution >= 0.6 is 34.8 Å². The summed E-state index contributed by atoms with van der Waals surface area (Å²) in [6.07, 6.45) is 0.785. The fraction of sp³-hybridized carbons (Fsp3) is 0.167. The van der Waals surface area contributed by atoms with Crippen molar-refractivity contribution in [1.82, 2.24) is 9.97 Å². The highest BCUT2D eigenvalue weighted by Gasteiger charge is 2.09. The molecule has 5 heteroatoms. The third-order valence-electron chi connectivity index (χ3n) is 2.28. The van der Waals surface area contributed by atoms with Gasteiger partial charge in [0.05, 0.1) is 5.02 Å². The monoisotopic (exact) mass is 286 g/mol. The van der Waals surface area contributed by atoms with Crippen molar-refractivity contribution in [2.75, 3.05) is 0 Å². The maximum absolute atomic E-state index is 6.10. The molecule has 1 aromatic carbocycles. The van der Waals surface area contributed by atoms with Gasteiger partial charge >= 0.3 is 0 Å². The molecule has 88 valence electrons. The van der Waals surface area contributed by atoms with Crippen LogP contribution in [0.2, 0.25) is 15.2 Å². The molecule has 0 bridgehead atoms. The maximum Gasteiger partial charge on any atom is 0.162 e. The molecule has 1 aromatic heterocycles. The predicted molar refractivity (Wildman–Crippen MR) is 71.9 cm³/mol. The Balaban J connectivity index is 2.59. The molecule has 0 aliphatic heterocycles. The summed E-state index contributed by atoms with van der Waals surface area (Å²) < 4.78 is 0. The van der Waals surface area contributed by atoms with Crippen molar-refractivity contribution in [3.05, 3.63) is 45.2 Å². The van der Waals surface area contributed by atoms with Crippen molar-refractivity contribution in [3.63, 3.8) is 0 Å². The summed E-state index contributed by atoms with van der Waals surface area (Å²) in [5.74, 6) is 0.502. The normalized spacial score (nSPS) is 10.6. The Kier molecular flexibility index (Phi) is 3.87. The van der Waals surface area contributed by atoms with Gasteiger partial charge in [-0.25, -0.2) is 9.97 Å². The Hall–Kier alpha value is -0.830. The van der Waals surface area contributed by atoms with Crippen molar-refractivity contribution in [3.8, 4) is 11.4 Å². The van der Waals surface area contributed by atoms with E-state index < -0.39 is 0 Å². The molecule has 0 atom stereocenters. The van der Waals surface area contributed by atoms with E-state index in [-0.39, 0.29) is 0 Å². The van der Waals surface area contributed by atoms with E-state index in [0.29, 0.717) is 26.6 Å². The van der Waals surface area contributed by atoms with Crippen LogP contribution in [-0.2, 0) is 6.42 Å². The zero-order valence-corrected chi connectivity index (χ0v) is 11.3. The standard InChI is InChI=1S/C12H9Cl3N2/c1-2-8-6-11(15)17-12(16-8)9-5-7(13)3-4-10(9)14/h3-6H,2H2,1H3. The van der Waals surface area contributed by atoms with E-state index in [4.69, 9.17) is 34.8 Å². The number of nitrogens with zero attached hydrogens (tertiary/aromatic N) is 2. The van der Waals surface area contributed by atoms with Gasteiger partial charge in [-0.15, -0.1) is 0 Å². The minimum absolute atomic E-state index is 0.405. The molecule has 0 spiro atoms. The molecule has 0 saturated heterocycles. The van der Waals surface area contributed by atoms with Crippen LogP contribution in [0.15, 0.2) is 24.3 Å². The van der Waals surface area contributed by atoms with Gasteiger partial charge in [-0.1, -0.05) is 41.7 Å². The molecule has 0 aliphatic carbocycles. The maximum atomic E-state index is 6.10. The summed E-state index contributed by atoms with van der Waals surface area (Å²) in [6, 6.07) is 6.91. The van der Waals surface area contributed by atoms with Gasteiger partial charge < -0.3 is 0 Å². The Morgan fingerprint density at radius 3 is 2.53 bits per heavy atom. The average molecular weight is 288 g/mol. The van der Waals surface area contributed by atoms with Gasteiger partial charge in [0.2, 0.25) is 0 Å². The van der Waals surface area contributed by atoms with Gasteiger partial charge in [0.15, 0.2) is 5.82 Å². The topological polar surface area (TPSA) is 25.8 Å². The second-order valence-corrected chi connectivity index (χ2v) is 4.71. The number of hydrogen-bond donors (Lipinski definition) is 0. The number of aryl methyl sites for hydroxylation is 1. The minimum Gasteiger partial charge on any atom is -0.233 e. The van der Waals surface area contributed by atoms with Crippen molar-refractivity contribution >= 4 is 34.8 Å². The molecule has 0 saturated carbocycles. The third kappa shape index (κ3) is 2.89. The molecule has 0 unspecified atom stereocenters. The molecule has 0 amide bonds. The van der Waals surface area contributed by atoms with Crippen LogP contribution in [0.3, 0.4) is 0 Å². The van der Waals surface area contributed by atoms with Gasteiger partial charge in [-0.05, 0) is 30.7 Å². The Bertz CT molecular complexity index is 555. The van der Waals surface area contributed by atoms with Crippen molar-refractivity contribution in [2.24, 2.45) is 0 Å². The number of rotatable bonds is 2. The van der Waals surface area contributed by atoms with Crippen LogP contribution in [0.4, 0.5) is 0 Å². The summed E-state index contributed by atoms with van der Waals surface area (Å²) in [6.45, 7) is 2.00. The Morgan fingerprint density at radius 1 is 1.06 bits per heavy atom. The number of benzene rings is 1. The first-order valence-electron chi connectivity index (χ1n) is 5.09. The molecule has 0 N–H and O–H groups in total. The van der Waals surface area contributed by atoms with Crippen molar-refractivity contribution < 1.29 is 0 Å². The van der Waals surface area contributed by atoms with E-state index in [1.807, 2.05) is 6.92 Å². The lowest BCUT2D eigenvalue weighted by Crippen LogP contribution is -1.95. The highest BCUT2D eigenvalue weighted by atomic mass is 35.5. The zero-order valence-electron chi connectivity index (χ0n) is 9.04. The zero-order chi connectivity index (χ0) is 12.4. The molecule has 0 radical (unpaired) electrons. The van der Waals surface area contributed by atoms with E-state index in [9.17, 15) is 0 Å². The molecular weight excluding hydrogens is 279 g/mol. The van der Waals surface area contributed by atoms with Crippen molar-refractivity contribution in [2.45, 2.75) is 13.3 Å². The first-order chi connectivity index (χ1) is 8.10. The van der Waals surface area contributed by atoms with Gasteiger partial charge in [0.25, 0.3) is 0 Å². The van der Waals surface area contributed by atoms with Crippen LogP contribution in [0.1, 0.15) is 12.6 Å². The first-order valence-corrected chi connectivity index (χ1v) is 6.22. The lowest BCUT2D eigenvalue weighted by Gasteiger charge is -2.06. The predicted octanol–water partition coefficient (Wildman–Crippen LogP) is 4.67. The largest absolute Gasteiger partial charge is 0.233 e. The minimum atomic E-state index is 0.405. The average Bonchev–Trinajstić information content (AvgIpc) is 2.31. The molecule has 2 aromatic rings. The lowest BCUT2D eigenvalue weighted by molar-refractivity contribution is 1.01. The summed E-state index contributed by atoms with van der Waals surface area (Å²) in [5, 5.41) is 1.55. The van der Waals surface area contributed by atoms with Crippen molar-refractivity contribution in [1.29, 1.82) is 0 Å². The first kappa shape index (κ1) is 12.6. The summed E-state index contributed by atoms with van der Waals surface area (Å²) >= 11 is 18.0. The fourth-order valence-corrected chi connectivity index (χ4v) is 2.01. The number of halogens is 3. The van der Waals surface area contributed by atoms with Gasteiger partial charge in [-0.3, -0.25) is 0 Å². The fourth-order valence-electron chi connectivity index (χ4n) is 1.43. The van der Waals surface area contributed by atoms with Gasteiger partial charge in [-0.2, -0.15) is 0 Å². The molecule has 0 aliphatic rings. The molecule has 17 heavy (non-hydrogen) atoms. The molecule has 2 nitrogen and oxygen atoms in total. The van der Waals surface area contributed by atoms with Crippen LogP contribution in [-0.4, -0.2) is 9.97 Å². The SMILES string of the molecule is CCc1cc(Cl)nc(-c2cc(Cl)ccc2Cl)n1.